The van der Waals surface area contributed by atoms with Crippen LogP contribution in [0, 0.1) is 5.41 Å². The quantitative estimate of drug-likeness (QED) is 0.628. The Hall–Kier alpha value is -0.120. The first kappa shape index (κ1) is 13.9. The van der Waals surface area contributed by atoms with Crippen molar-refractivity contribution in [2.24, 2.45) is 5.41 Å². The van der Waals surface area contributed by atoms with Gasteiger partial charge in [0.05, 0.1) is 11.7 Å². The molecule has 0 saturated carbocycles. The third kappa shape index (κ3) is 4.40. The maximum absolute atomic E-state index is 10.1. The lowest BCUT2D eigenvalue weighted by atomic mass is 9.74. The molecular weight excluding hydrogens is 178 g/mol. The lowest BCUT2D eigenvalue weighted by Gasteiger charge is -2.38. The molecule has 0 heterocycles. The average Bonchev–Trinajstić information content (AvgIpc) is 1.97. The highest BCUT2D eigenvalue weighted by Crippen LogP contribution is 2.33. The molecule has 0 aromatic carbocycles. The zero-order chi connectivity index (χ0) is 11.4. The molecule has 0 radical (unpaired) electrons. The highest BCUT2D eigenvalue weighted by molar-refractivity contribution is 4.88. The van der Waals surface area contributed by atoms with Crippen LogP contribution in [-0.4, -0.2) is 35.0 Å². The molecular formula is C11H25NO2. The van der Waals surface area contributed by atoms with Crippen molar-refractivity contribution in [1.29, 1.82) is 0 Å². The van der Waals surface area contributed by atoms with E-state index < -0.39 is 11.7 Å². The fraction of sp³-hybridized carbons (Fsp3) is 1.00. The maximum atomic E-state index is 10.1. The smallest absolute Gasteiger partial charge is 0.0692 e. The Morgan fingerprint density at radius 2 is 1.71 bits per heavy atom. The van der Waals surface area contributed by atoms with E-state index in [1.165, 1.54) is 0 Å². The summed E-state index contributed by atoms with van der Waals surface area (Å²) in [6, 6.07) is 0. The van der Waals surface area contributed by atoms with Crippen molar-refractivity contribution >= 4 is 0 Å². The van der Waals surface area contributed by atoms with Gasteiger partial charge in [-0.05, 0) is 18.9 Å². The molecule has 0 saturated heterocycles. The van der Waals surface area contributed by atoms with Crippen molar-refractivity contribution in [2.45, 2.75) is 52.7 Å². The number of nitrogens with one attached hydrogen (secondary N) is 1. The molecule has 0 aliphatic rings. The van der Waals surface area contributed by atoms with Crippen LogP contribution >= 0.6 is 0 Å². The second-order valence-electron chi connectivity index (χ2n) is 5.19. The molecule has 3 heteroatoms. The van der Waals surface area contributed by atoms with Crippen LogP contribution in [0.15, 0.2) is 0 Å². The summed E-state index contributed by atoms with van der Waals surface area (Å²) in [5.41, 5.74) is -1.04. The molecule has 0 bridgehead atoms. The third-order valence-electron chi connectivity index (χ3n) is 2.88. The van der Waals surface area contributed by atoms with Gasteiger partial charge >= 0.3 is 0 Å². The van der Waals surface area contributed by atoms with Gasteiger partial charge in [-0.1, -0.05) is 27.7 Å². The molecule has 14 heavy (non-hydrogen) atoms. The van der Waals surface area contributed by atoms with Gasteiger partial charge < -0.3 is 15.5 Å². The van der Waals surface area contributed by atoms with Crippen molar-refractivity contribution in [1.82, 2.24) is 5.32 Å². The maximum Gasteiger partial charge on any atom is 0.0692 e. The number of hydrogen-bond donors (Lipinski definition) is 3. The topological polar surface area (TPSA) is 52.5 Å². The summed E-state index contributed by atoms with van der Waals surface area (Å²) in [5.74, 6) is 0. The minimum absolute atomic E-state index is 0.208. The van der Waals surface area contributed by atoms with E-state index in [1.54, 1.807) is 6.92 Å². The van der Waals surface area contributed by atoms with Gasteiger partial charge in [0.1, 0.15) is 0 Å². The van der Waals surface area contributed by atoms with Crippen LogP contribution in [0.5, 0.6) is 0 Å². The van der Waals surface area contributed by atoms with Crippen LogP contribution in [-0.2, 0) is 0 Å². The summed E-state index contributed by atoms with van der Waals surface area (Å²) < 4.78 is 0. The van der Waals surface area contributed by atoms with Crippen molar-refractivity contribution in [3.63, 3.8) is 0 Å². The zero-order valence-electron chi connectivity index (χ0n) is 10.1. The number of rotatable bonds is 5. The fourth-order valence-corrected chi connectivity index (χ4v) is 1.15. The Morgan fingerprint density at radius 3 is 2.07 bits per heavy atom. The molecule has 2 atom stereocenters. The van der Waals surface area contributed by atoms with Crippen molar-refractivity contribution in [3.8, 4) is 0 Å². The van der Waals surface area contributed by atoms with Gasteiger partial charge in [0.15, 0.2) is 0 Å². The largest absolute Gasteiger partial charge is 0.392 e. The van der Waals surface area contributed by atoms with E-state index >= 15 is 0 Å². The van der Waals surface area contributed by atoms with Gasteiger partial charge in [-0.3, -0.25) is 0 Å². The monoisotopic (exact) mass is 203 g/mol. The van der Waals surface area contributed by atoms with Gasteiger partial charge in [-0.25, -0.2) is 0 Å². The predicted molar refractivity (Wildman–Crippen MR) is 59.2 cm³/mol. The van der Waals surface area contributed by atoms with Crippen LogP contribution in [0.2, 0.25) is 0 Å². The van der Waals surface area contributed by atoms with E-state index in [9.17, 15) is 10.2 Å². The molecule has 0 amide bonds. The van der Waals surface area contributed by atoms with Crippen LogP contribution in [0.4, 0.5) is 0 Å². The molecule has 0 aromatic heterocycles. The summed E-state index contributed by atoms with van der Waals surface area (Å²) in [7, 11) is 0. The third-order valence-corrected chi connectivity index (χ3v) is 2.88. The minimum Gasteiger partial charge on any atom is -0.392 e. The molecule has 86 valence electrons. The van der Waals surface area contributed by atoms with E-state index in [1.807, 2.05) is 27.7 Å². The summed E-state index contributed by atoms with van der Waals surface area (Å²) in [6.07, 6.45) is -0.0760. The normalized spacial score (nSPS) is 19.1. The second kappa shape index (κ2) is 5.10. The van der Waals surface area contributed by atoms with Crippen molar-refractivity contribution < 1.29 is 10.2 Å². The molecule has 0 fully saturated rings. The summed E-state index contributed by atoms with van der Waals surface area (Å²) in [6.45, 7) is 11.1. The molecule has 0 aromatic rings. The number of likely N-dealkylation sites (N-methyl/N-ethyl adjacent to an activating group) is 1. The molecule has 3 nitrogen and oxygen atoms in total. The standard InChI is InChI=1S/C11H25NO2/c1-6-12-8-9(13)7-11(5,14)10(2,3)4/h9,12-14H,6-8H2,1-5H3/t9-,11+/m0/s1. The van der Waals surface area contributed by atoms with Gasteiger partial charge in [-0.2, -0.15) is 0 Å². The highest BCUT2D eigenvalue weighted by Gasteiger charge is 2.36. The molecule has 3 N–H and O–H groups in total. The van der Waals surface area contributed by atoms with Crippen molar-refractivity contribution in [2.75, 3.05) is 13.1 Å². The van der Waals surface area contributed by atoms with Gasteiger partial charge in [-0.15, -0.1) is 0 Å². The van der Waals surface area contributed by atoms with Crippen LogP contribution in [0.1, 0.15) is 41.0 Å². The molecule has 0 unspecified atom stereocenters. The molecule has 0 rings (SSSR count). The SMILES string of the molecule is CCNC[C@@H](O)C[C@@](C)(O)C(C)(C)C. The van der Waals surface area contributed by atoms with Crippen LogP contribution in [0.3, 0.4) is 0 Å². The van der Waals surface area contributed by atoms with Crippen molar-refractivity contribution in [3.05, 3.63) is 0 Å². The number of aliphatic hydroxyl groups is 2. The average molecular weight is 203 g/mol. The van der Waals surface area contributed by atoms with E-state index in [-0.39, 0.29) is 5.41 Å². The number of aliphatic hydroxyl groups excluding tert-OH is 1. The summed E-state index contributed by atoms with van der Waals surface area (Å²) in [5, 5.41) is 22.9. The second-order valence-corrected chi connectivity index (χ2v) is 5.19. The summed E-state index contributed by atoms with van der Waals surface area (Å²) in [4.78, 5) is 0. The lowest BCUT2D eigenvalue weighted by Crippen LogP contribution is -2.44. The minimum atomic E-state index is -0.832. The molecule has 0 aliphatic carbocycles. The zero-order valence-corrected chi connectivity index (χ0v) is 10.1. The first-order valence-corrected chi connectivity index (χ1v) is 5.32. The van der Waals surface area contributed by atoms with E-state index in [0.29, 0.717) is 13.0 Å². The van der Waals surface area contributed by atoms with E-state index in [0.717, 1.165) is 6.54 Å². The number of hydrogen-bond acceptors (Lipinski definition) is 3. The molecule has 0 aliphatic heterocycles. The molecule has 0 spiro atoms. The van der Waals surface area contributed by atoms with Gasteiger partial charge in [0.25, 0.3) is 0 Å². The Bertz CT molecular complexity index is 161. The van der Waals surface area contributed by atoms with E-state index in [2.05, 4.69) is 5.32 Å². The van der Waals surface area contributed by atoms with Crippen LogP contribution < -0.4 is 5.32 Å². The Labute approximate surface area is 87.5 Å². The highest BCUT2D eigenvalue weighted by atomic mass is 16.3. The Balaban J connectivity index is 4.08. The van der Waals surface area contributed by atoms with Gasteiger partial charge in [0.2, 0.25) is 0 Å². The van der Waals surface area contributed by atoms with Crippen LogP contribution in [0.25, 0.3) is 0 Å². The van der Waals surface area contributed by atoms with Gasteiger partial charge in [0, 0.05) is 13.0 Å². The summed E-state index contributed by atoms with van der Waals surface area (Å²) >= 11 is 0. The first-order chi connectivity index (χ1) is 6.20. The fourth-order valence-electron chi connectivity index (χ4n) is 1.15. The Morgan fingerprint density at radius 1 is 1.21 bits per heavy atom. The first-order valence-electron chi connectivity index (χ1n) is 5.32. The lowest BCUT2D eigenvalue weighted by molar-refractivity contribution is -0.0736. The van der Waals surface area contributed by atoms with E-state index in [4.69, 9.17) is 0 Å². The Kier molecular flexibility index (Phi) is 5.06. The predicted octanol–water partition coefficient (Wildman–Crippen LogP) is 1.14.